The maximum atomic E-state index is 14.6. The molecule has 3 aromatic rings. The Morgan fingerprint density at radius 1 is 1.27 bits per heavy atom. The second-order valence-electron chi connectivity index (χ2n) is 7.32. The van der Waals surface area contributed by atoms with Gasteiger partial charge >= 0.3 is 0 Å². The Morgan fingerprint density at radius 2 is 2.12 bits per heavy atom. The summed E-state index contributed by atoms with van der Waals surface area (Å²) in [5.74, 6) is -1.15. The number of anilines is 1. The summed E-state index contributed by atoms with van der Waals surface area (Å²) in [6.07, 6.45) is 1.64. The van der Waals surface area contributed by atoms with Crippen LogP contribution in [0.2, 0.25) is 5.15 Å². The molecule has 0 saturated carbocycles. The number of pyridine rings is 2. The number of nitriles is 1. The van der Waals surface area contributed by atoms with Crippen LogP contribution in [0.1, 0.15) is 33.6 Å². The predicted molar refractivity (Wildman–Crippen MR) is 116 cm³/mol. The maximum Gasteiger partial charge on any atom is 0.283 e. The lowest BCUT2D eigenvalue weighted by Crippen LogP contribution is -2.42. The van der Waals surface area contributed by atoms with Gasteiger partial charge in [-0.1, -0.05) is 11.6 Å². The third kappa shape index (κ3) is 3.48. The van der Waals surface area contributed by atoms with E-state index in [1.165, 1.54) is 24.4 Å². The standard InChI is InChI=1S/C22H14ClFN6O3/c23-17-8-14-18(19(24)30-17)32-16-4-2-12(7-13(16)22(14)5-6-27-21(26)33-22)29-20(31)15-3-1-11(9-25)10-28-15/h1-4,7-8,10H,5-6H2,(H2,26,27)(H,29,31)/t22-/m0/s1. The number of nitrogens with zero attached hydrogens (tertiary/aromatic N) is 4. The van der Waals surface area contributed by atoms with E-state index in [-0.39, 0.29) is 22.6 Å². The van der Waals surface area contributed by atoms with E-state index in [0.717, 1.165) is 0 Å². The van der Waals surface area contributed by atoms with E-state index in [2.05, 4.69) is 20.3 Å². The fourth-order valence-electron chi connectivity index (χ4n) is 3.89. The quantitative estimate of drug-likeness (QED) is 0.554. The van der Waals surface area contributed by atoms with Crippen LogP contribution >= 0.6 is 11.6 Å². The maximum absolute atomic E-state index is 14.6. The van der Waals surface area contributed by atoms with Crippen molar-refractivity contribution in [2.75, 3.05) is 11.9 Å². The lowest BCUT2D eigenvalue weighted by molar-refractivity contribution is 0.0624. The van der Waals surface area contributed by atoms with E-state index in [4.69, 9.17) is 32.1 Å². The second kappa shape index (κ2) is 7.72. The summed E-state index contributed by atoms with van der Waals surface area (Å²) < 4.78 is 26.4. The zero-order valence-electron chi connectivity index (χ0n) is 16.8. The zero-order chi connectivity index (χ0) is 23.2. The number of aromatic nitrogens is 2. The minimum atomic E-state index is -1.24. The molecule has 1 atom stereocenters. The van der Waals surface area contributed by atoms with Crippen molar-refractivity contribution in [3.63, 3.8) is 0 Å². The number of carbonyl (C=O) groups excluding carboxylic acids is 1. The topological polar surface area (TPSA) is 136 Å². The summed E-state index contributed by atoms with van der Waals surface area (Å²) in [7, 11) is 0. The molecule has 4 heterocycles. The smallest absolute Gasteiger partial charge is 0.283 e. The van der Waals surface area contributed by atoms with E-state index < -0.39 is 17.5 Å². The van der Waals surface area contributed by atoms with Crippen LogP contribution in [0, 0.1) is 17.3 Å². The van der Waals surface area contributed by atoms with Gasteiger partial charge in [0.15, 0.2) is 11.4 Å². The Hall–Kier alpha value is -4.23. The van der Waals surface area contributed by atoms with Crippen molar-refractivity contribution in [1.29, 1.82) is 5.26 Å². The summed E-state index contributed by atoms with van der Waals surface area (Å²) >= 11 is 6.03. The highest BCUT2D eigenvalue weighted by Crippen LogP contribution is 2.53. The molecule has 0 fully saturated rings. The lowest BCUT2D eigenvalue weighted by atomic mass is 9.80. The number of rotatable bonds is 2. The molecule has 2 aliphatic heterocycles. The minimum Gasteiger partial charge on any atom is -0.452 e. The fraction of sp³-hybridized carbons (Fsp3) is 0.136. The molecule has 9 nitrogen and oxygen atoms in total. The van der Waals surface area contributed by atoms with Crippen molar-refractivity contribution >= 4 is 29.2 Å². The average Bonchev–Trinajstić information content (AvgIpc) is 2.80. The third-order valence-corrected chi connectivity index (χ3v) is 5.55. The Morgan fingerprint density at radius 3 is 2.85 bits per heavy atom. The van der Waals surface area contributed by atoms with Gasteiger partial charge in [-0.05, 0) is 36.4 Å². The van der Waals surface area contributed by atoms with Crippen LogP contribution in [-0.4, -0.2) is 28.4 Å². The molecule has 2 aliphatic rings. The number of nitrogens with one attached hydrogen (secondary N) is 1. The molecule has 0 unspecified atom stereocenters. The van der Waals surface area contributed by atoms with Crippen molar-refractivity contribution in [3.8, 4) is 17.6 Å². The number of carbonyl (C=O) groups is 1. The van der Waals surface area contributed by atoms with Crippen LogP contribution in [0.4, 0.5) is 10.1 Å². The first-order chi connectivity index (χ1) is 15.9. The summed E-state index contributed by atoms with van der Waals surface area (Å²) in [5.41, 5.74) is 6.38. The number of hydrogen-bond acceptors (Lipinski definition) is 8. The van der Waals surface area contributed by atoms with Gasteiger partial charge in [0.2, 0.25) is 0 Å². The van der Waals surface area contributed by atoms with Gasteiger partial charge < -0.3 is 20.5 Å². The third-order valence-electron chi connectivity index (χ3n) is 5.36. The Balaban J connectivity index is 1.57. The van der Waals surface area contributed by atoms with Gasteiger partial charge in [0.1, 0.15) is 22.7 Å². The normalized spacial score (nSPS) is 18.2. The fourth-order valence-corrected chi connectivity index (χ4v) is 4.07. The van der Waals surface area contributed by atoms with Gasteiger partial charge in [0, 0.05) is 30.4 Å². The van der Waals surface area contributed by atoms with Crippen LogP contribution in [-0.2, 0) is 10.3 Å². The molecule has 1 amide bonds. The van der Waals surface area contributed by atoms with Crippen LogP contribution in [0.15, 0.2) is 47.6 Å². The number of ether oxygens (including phenoxy) is 2. The average molecular weight is 465 g/mol. The van der Waals surface area contributed by atoms with Crippen LogP contribution in [0.25, 0.3) is 0 Å². The summed E-state index contributed by atoms with van der Waals surface area (Å²) in [4.78, 5) is 24.4. The predicted octanol–water partition coefficient (Wildman–Crippen LogP) is 3.48. The molecular weight excluding hydrogens is 451 g/mol. The van der Waals surface area contributed by atoms with Gasteiger partial charge in [-0.25, -0.2) is 15.0 Å². The molecule has 1 spiro atoms. The van der Waals surface area contributed by atoms with Gasteiger partial charge in [-0.3, -0.25) is 4.79 Å². The summed E-state index contributed by atoms with van der Waals surface area (Å²) in [5, 5.41) is 11.6. The van der Waals surface area contributed by atoms with Gasteiger partial charge in [0.25, 0.3) is 17.9 Å². The largest absolute Gasteiger partial charge is 0.452 e. The molecule has 5 rings (SSSR count). The van der Waals surface area contributed by atoms with Crippen molar-refractivity contribution in [2.24, 2.45) is 10.7 Å². The molecule has 3 N–H and O–H groups in total. The number of fused-ring (bicyclic) bond motifs is 4. The zero-order valence-corrected chi connectivity index (χ0v) is 17.6. The summed E-state index contributed by atoms with van der Waals surface area (Å²) in [6, 6.07) is 11.1. The molecule has 0 bridgehead atoms. The number of amidine groups is 1. The van der Waals surface area contributed by atoms with E-state index in [1.807, 2.05) is 6.07 Å². The molecule has 11 heteroatoms. The van der Waals surface area contributed by atoms with Crippen LogP contribution < -0.4 is 15.8 Å². The van der Waals surface area contributed by atoms with E-state index in [0.29, 0.717) is 41.1 Å². The van der Waals surface area contributed by atoms with Crippen molar-refractivity contribution < 1.29 is 18.7 Å². The van der Waals surface area contributed by atoms with E-state index in [1.54, 1.807) is 18.2 Å². The number of benzene rings is 1. The highest BCUT2D eigenvalue weighted by molar-refractivity contribution is 6.29. The number of hydrogen-bond donors (Lipinski definition) is 2. The number of amides is 1. The summed E-state index contributed by atoms with van der Waals surface area (Å²) in [6.45, 7) is 0.317. The first-order valence-corrected chi connectivity index (χ1v) is 10.1. The molecule has 0 aliphatic carbocycles. The lowest BCUT2D eigenvalue weighted by Gasteiger charge is -2.41. The van der Waals surface area contributed by atoms with Gasteiger partial charge in [0.05, 0.1) is 11.1 Å². The van der Waals surface area contributed by atoms with E-state index in [9.17, 15) is 9.18 Å². The van der Waals surface area contributed by atoms with Gasteiger partial charge in [-0.15, -0.1) is 0 Å². The molecule has 33 heavy (non-hydrogen) atoms. The van der Waals surface area contributed by atoms with Crippen molar-refractivity contribution in [3.05, 3.63) is 76.1 Å². The molecule has 2 aromatic heterocycles. The number of halogens is 2. The first-order valence-electron chi connectivity index (χ1n) is 9.75. The van der Waals surface area contributed by atoms with E-state index >= 15 is 0 Å². The highest BCUT2D eigenvalue weighted by Gasteiger charge is 2.48. The minimum absolute atomic E-state index is 0.0652. The van der Waals surface area contributed by atoms with Crippen LogP contribution in [0.3, 0.4) is 0 Å². The highest BCUT2D eigenvalue weighted by atomic mass is 35.5. The SMILES string of the molecule is N#Cc1ccc(C(=O)Nc2ccc3c(c2)[C@@]2(CCN=C(N)O2)c2cc(Cl)nc(F)c2O3)nc1. The Kier molecular flexibility index (Phi) is 4.83. The molecular formula is C22H14ClFN6O3. The monoisotopic (exact) mass is 464 g/mol. The molecule has 164 valence electrons. The molecule has 1 aromatic carbocycles. The van der Waals surface area contributed by atoms with Crippen molar-refractivity contribution in [1.82, 2.24) is 9.97 Å². The van der Waals surface area contributed by atoms with Crippen molar-refractivity contribution in [2.45, 2.75) is 12.0 Å². The van der Waals surface area contributed by atoms with Crippen LogP contribution in [0.5, 0.6) is 11.5 Å². The number of aliphatic imine (C=N–C) groups is 1. The van der Waals surface area contributed by atoms with Gasteiger partial charge in [-0.2, -0.15) is 9.65 Å². The second-order valence-corrected chi connectivity index (χ2v) is 7.71. The number of nitrogens with two attached hydrogens (primary N) is 1. The Bertz CT molecular complexity index is 1370. The first kappa shape index (κ1) is 20.7. The molecule has 0 saturated heterocycles. The Labute approximate surface area is 191 Å². The molecule has 0 radical (unpaired) electrons.